The molecule has 0 spiro atoms. The summed E-state index contributed by atoms with van der Waals surface area (Å²) < 4.78 is 10.8. The van der Waals surface area contributed by atoms with Gasteiger partial charge < -0.3 is 14.2 Å². The lowest BCUT2D eigenvalue weighted by atomic mass is 10.0. The van der Waals surface area contributed by atoms with Crippen LogP contribution in [0.25, 0.3) is 11.3 Å². The Morgan fingerprint density at radius 2 is 2.00 bits per heavy atom. The molecule has 3 aromatic rings. The molecule has 2 heterocycles. The van der Waals surface area contributed by atoms with Crippen LogP contribution in [-0.4, -0.2) is 29.6 Å². The number of hydrogen-bond acceptors (Lipinski definition) is 4. The summed E-state index contributed by atoms with van der Waals surface area (Å²) in [5, 5.41) is 4.69. The molecule has 1 amide bonds. The number of amides is 1. The van der Waals surface area contributed by atoms with Crippen molar-refractivity contribution in [3.8, 4) is 17.1 Å². The van der Waals surface area contributed by atoms with E-state index in [9.17, 15) is 4.79 Å². The van der Waals surface area contributed by atoms with Gasteiger partial charge in [-0.15, -0.1) is 0 Å². The molecule has 0 radical (unpaired) electrons. The number of halogens is 1. The average Bonchev–Trinajstić information content (AvgIpc) is 3.38. The first kappa shape index (κ1) is 17.6. The second-order valence-corrected chi connectivity index (χ2v) is 6.86. The number of rotatable bonds is 4. The number of likely N-dealkylation sites (tertiary alicyclic amines) is 1. The van der Waals surface area contributed by atoms with Crippen molar-refractivity contribution in [3.63, 3.8) is 0 Å². The van der Waals surface area contributed by atoms with Crippen molar-refractivity contribution in [2.24, 2.45) is 0 Å². The first-order valence-electron chi connectivity index (χ1n) is 8.84. The number of aromatic nitrogens is 1. The van der Waals surface area contributed by atoms with Gasteiger partial charge in [0.05, 0.1) is 18.7 Å². The Morgan fingerprint density at radius 1 is 1.22 bits per heavy atom. The van der Waals surface area contributed by atoms with Gasteiger partial charge in [-0.1, -0.05) is 47.1 Å². The molecule has 1 saturated heterocycles. The minimum atomic E-state index is -0.151. The molecule has 1 fully saturated rings. The van der Waals surface area contributed by atoms with Gasteiger partial charge in [-0.25, -0.2) is 0 Å². The third-order valence-electron chi connectivity index (χ3n) is 4.88. The minimum Gasteiger partial charge on any atom is -0.496 e. The van der Waals surface area contributed by atoms with Crippen LogP contribution in [0.5, 0.6) is 5.75 Å². The fourth-order valence-electron chi connectivity index (χ4n) is 3.58. The van der Waals surface area contributed by atoms with Crippen molar-refractivity contribution in [2.75, 3.05) is 13.7 Å². The van der Waals surface area contributed by atoms with Crippen LogP contribution in [-0.2, 0) is 0 Å². The molecule has 5 nitrogen and oxygen atoms in total. The SMILES string of the molecule is COc1ccccc1-c1cc(C(=O)N2CCC[C@@H]2c2ccccc2Cl)no1. The van der Waals surface area contributed by atoms with Gasteiger partial charge in [0.2, 0.25) is 0 Å². The number of hydrogen-bond donors (Lipinski definition) is 0. The molecule has 4 rings (SSSR count). The van der Waals surface area contributed by atoms with Crippen molar-refractivity contribution in [2.45, 2.75) is 18.9 Å². The smallest absolute Gasteiger partial charge is 0.276 e. The maximum atomic E-state index is 13.1. The molecule has 6 heteroatoms. The molecule has 1 atom stereocenters. The van der Waals surface area contributed by atoms with Gasteiger partial charge in [0.25, 0.3) is 5.91 Å². The van der Waals surface area contributed by atoms with Gasteiger partial charge in [-0.2, -0.15) is 0 Å². The van der Waals surface area contributed by atoms with Gasteiger partial charge in [-0.05, 0) is 36.6 Å². The lowest BCUT2D eigenvalue weighted by molar-refractivity contribution is 0.0725. The topological polar surface area (TPSA) is 55.6 Å². The van der Waals surface area contributed by atoms with E-state index in [0.29, 0.717) is 23.1 Å². The Labute approximate surface area is 162 Å². The van der Waals surface area contributed by atoms with Gasteiger partial charge >= 0.3 is 0 Å². The average molecular weight is 383 g/mol. The van der Waals surface area contributed by atoms with Crippen LogP contribution in [0.1, 0.15) is 34.9 Å². The Kier molecular flexibility index (Phi) is 4.86. The monoisotopic (exact) mass is 382 g/mol. The highest BCUT2D eigenvalue weighted by molar-refractivity contribution is 6.31. The maximum absolute atomic E-state index is 13.1. The number of carbonyl (C=O) groups excluding carboxylic acids is 1. The summed E-state index contributed by atoms with van der Waals surface area (Å²) in [6.07, 6.45) is 1.81. The summed E-state index contributed by atoms with van der Waals surface area (Å²) >= 11 is 6.35. The van der Waals surface area contributed by atoms with E-state index in [4.69, 9.17) is 20.9 Å². The van der Waals surface area contributed by atoms with Gasteiger partial charge in [-0.3, -0.25) is 4.79 Å². The molecular weight excluding hydrogens is 364 g/mol. The molecule has 1 aliphatic rings. The first-order chi connectivity index (χ1) is 13.2. The molecular formula is C21H19ClN2O3. The predicted molar refractivity (Wildman–Crippen MR) is 103 cm³/mol. The van der Waals surface area contributed by atoms with Gasteiger partial charge in [0.1, 0.15) is 5.75 Å². The van der Waals surface area contributed by atoms with E-state index in [2.05, 4.69) is 5.16 Å². The Morgan fingerprint density at radius 3 is 2.81 bits per heavy atom. The van der Waals surface area contributed by atoms with Crippen molar-refractivity contribution >= 4 is 17.5 Å². The molecule has 2 aromatic carbocycles. The quantitative estimate of drug-likeness (QED) is 0.638. The van der Waals surface area contributed by atoms with E-state index in [-0.39, 0.29) is 17.6 Å². The molecule has 138 valence electrons. The molecule has 1 aromatic heterocycles. The zero-order chi connectivity index (χ0) is 18.8. The number of benzene rings is 2. The zero-order valence-corrected chi connectivity index (χ0v) is 15.6. The molecule has 0 bridgehead atoms. The summed E-state index contributed by atoms with van der Waals surface area (Å²) in [6, 6.07) is 16.8. The Balaban J connectivity index is 1.62. The number of carbonyl (C=O) groups is 1. The van der Waals surface area contributed by atoms with Crippen molar-refractivity contribution < 1.29 is 14.1 Å². The maximum Gasteiger partial charge on any atom is 0.276 e. The minimum absolute atomic E-state index is 0.0439. The molecule has 0 aliphatic carbocycles. The lowest BCUT2D eigenvalue weighted by Crippen LogP contribution is -2.30. The fourth-order valence-corrected chi connectivity index (χ4v) is 3.84. The number of para-hydroxylation sites is 1. The number of ether oxygens (including phenoxy) is 1. The van der Waals surface area contributed by atoms with E-state index in [1.807, 2.05) is 53.4 Å². The lowest BCUT2D eigenvalue weighted by Gasteiger charge is -2.24. The third kappa shape index (κ3) is 3.30. The molecule has 0 saturated carbocycles. The summed E-state index contributed by atoms with van der Waals surface area (Å²) in [4.78, 5) is 14.9. The van der Waals surface area contributed by atoms with Crippen LogP contribution in [0.2, 0.25) is 5.02 Å². The Bertz CT molecular complexity index is 969. The normalized spacial score (nSPS) is 16.5. The van der Waals surface area contributed by atoms with Gasteiger partial charge in [0, 0.05) is 17.6 Å². The van der Waals surface area contributed by atoms with Crippen LogP contribution >= 0.6 is 11.6 Å². The molecule has 0 unspecified atom stereocenters. The highest BCUT2D eigenvalue weighted by atomic mass is 35.5. The second-order valence-electron chi connectivity index (χ2n) is 6.45. The van der Waals surface area contributed by atoms with Crippen molar-refractivity contribution in [1.82, 2.24) is 10.1 Å². The largest absolute Gasteiger partial charge is 0.496 e. The summed E-state index contributed by atoms with van der Waals surface area (Å²) in [7, 11) is 1.60. The number of nitrogens with zero attached hydrogens (tertiary/aromatic N) is 2. The fraction of sp³-hybridized carbons (Fsp3) is 0.238. The summed E-state index contributed by atoms with van der Waals surface area (Å²) in [5.41, 5.74) is 2.02. The first-order valence-corrected chi connectivity index (χ1v) is 9.22. The third-order valence-corrected chi connectivity index (χ3v) is 5.22. The predicted octanol–water partition coefficient (Wildman–Crippen LogP) is 4.98. The van der Waals surface area contributed by atoms with Crippen LogP contribution < -0.4 is 4.74 Å². The van der Waals surface area contributed by atoms with E-state index < -0.39 is 0 Å². The number of methoxy groups -OCH3 is 1. The van der Waals surface area contributed by atoms with E-state index >= 15 is 0 Å². The standard InChI is InChI=1S/C21H19ClN2O3/c1-26-19-11-5-3-8-15(19)20-13-17(23-27-20)21(25)24-12-6-10-18(24)14-7-2-4-9-16(14)22/h2-5,7-9,11,13,18H,6,10,12H2,1H3/t18-/m1/s1. The van der Waals surface area contributed by atoms with Crippen molar-refractivity contribution in [1.29, 1.82) is 0 Å². The van der Waals surface area contributed by atoms with Gasteiger partial charge in [0.15, 0.2) is 11.5 Å². The van der Waals surface area contributed by atoms with Crippen LogP contribution in [0.15, 0.2) is 59.1 Å². The van der Waals surface area contributed by atoms with Crippen molar-refractivity contribution in [3.05, 3.63) is 70.9 Å². The summed E-state index contributed by atoms with van der Waals surface area (Å²) in [5.74, 6) is 1.02. The highest BCUT2D eigenvalue weighted by Crippen LogP contribution is 2.37. The van der Waals surface area contributed by atoms with Crippen LogP contribution in [0.4, 0.5) is 0 Å². The van der Waals surface area contributed by atoms with E-state index in [1.165, 1.54) is 0 Å². The molecule has 27 heavy (non-hydrogen) atoms. The van der Waals surface area contributed by atoms with Crippen LogP contribution in [0, 0.1) is 0 Å². The highest BCUT2D eigenvalue weighted by Gasteiger charge is 2.33. The zero-order valence-electron chi connectivity index (χ0n) is 14.9. The molecule has 0 N–H and O–H groups in total. The Hall–Kier alpha value is -2.79. The van der Waals surface area contributed by atoms with E-state index in [0.717, 1.165) is 24.0 Å². The second kappa shape index (κ2) is 7.45. The van der Waals surface area contributed by atoms with Crippen LogP contribution in [0.3, 0.4) is 0 Å². The summed E-state index contributed by atoms with van der Waals surface area (Å²) in [6.45, 7) is 0.672. The molecule has 1 aliphatic heterocycles. The van der Waals surface area contributed by atoms with E-state index in [1.54, 1.807) is 13.2 Å².